The Hall–Kier alpha value is -2.70. The first kappa shape index (κ1) is 23.0. The van der Waals surface area contributed by atoms with Crippen LogP contribution >= 0.6 is 0 Å². The molecule has 7 heteroatoms. The first-order chi connectivity index (χ1) is 14.9. The number of carbonyl (C=O) groups excluding carboxylic acids is 1. The average molecular weight is 428 g/mol. The monoisotopic (exact) mass is 427 g/mol. The van der Waals surface area contributed by atoms with Crippen LogP contribution in [0.2, 0.25) is 0 Å². The molecule has 0 spiro atoms. The van der Waals surface area contributed by atoms with Crippen molar-refractivity contribution in [1.82, 2.24) is 15.3 Å². The summed E-state index contributed by atoms with van der Waals surface area (Å²) in [7, 11) is 0. The molecule has 0 aliphatic heterocycles. The number of benzene rings is 1. The van der Waals surface area contributed by atoms with E-state index in [1.54, 1.807) is 12.1 Å². The van der Waals surface area contributed by atoms with Crippen molar-refractivity contribution in [2.45, 2.75) is 71.4 Å². The van der Waals surface area contributed by atoms with E-state index in [1.807, 2.05) is 13.0 Å². The van der Waals surface area contributed by atoms with Gasteiger partial charge < -0.3 is 16.0 Å². The van der Waals surface area contributed by atoms with Crippen LogP contribution in [-0.2, 0) is 11.2 Å². The number of anilines is 2. The fourth-order valence-electron chi connectivity index (χ4n) is 3.94. The molecular weight excluding hydrogens is 393 g/mol. The third kappa shape index (κ3) is 7.49. The summed E-state index contributed by atoms with van der Waals surface area (Å²) < 4.78 is 13.0. The predicted octanol–water partition coefficient (Wildman–Crippen LogP) is 4.46. The molecule has 1 aliphatic carbocycles. The van der Waals surface area contributed by atoms with E-state index in [0.717, 1.165) is 36.9 Å². The number of hydrogen-bond donors (Lipinski definition) is 3. The van der Waals surface area contributed by atoms with Crippen LogP contribution in [-0.4, -0.2) is 34.5 Å². The second-order valence-corrected chi connectivity index (χ2v) is 8.84. The van der Waals surface area contributed by atoms with Crippen LogP contribution in [0.3, 0.4) is 0 Å². The van der Waals surface area contributed by atoms with Crippen molar-refractivity contribution < 1.29 is 9.18 Å². The highest BCUT2D eigenvalue weighted by Crippen LogP contribution is 2.19. The SMILES string of the molecule is Cc1cc(N[C@@H](CC(C)C)C(=O)NC2CCCC2)nc(NCCc2ccc(F)cc2)n1. The first-order valence-electron chi connectivity index (χ1n) is 11.3. The molecule has 1 fully saturated rings. The second-order valence-electron chi connectivity index (χ2n) is 8.84. The number of nitrogens with one attached hydrogen (secondary N) is 3. The van der Waals surface area contributed by atoms with Crippen molar-refractivity contribution in [3.8, 4) is 0 Å². The number of rotatable bonds is 10. The molecule has 31 heavy (non-hydrogen) atoms. The van der Waals surface area contributed by atoms with Gasteiger partial charge in [0.1, 0.15) is 17.7 Å². The van der Waals surface area contributed by atoms with Crippen molar-refractivity contribution in [1.29, 1.82) is 0 Å². The minimum atomic E-state index is -0.332. The van der Waals surface area contributed by atoms with Gasteiger partial charge >= 0.3 is 0 Å². The highest BCUT2D eigenvalue weighted by molar-refractivity contribution is 5.84. The number of amides is 1. The topological polar surface area (TPSA) is 78.9 Å². The van der Waals surface area contributed by atoms with E-state index < -0.39 is 0 Å². The number of halogens is 1. The smallest absolute Gasteiger partial charge is 0.242 e. The van der Waals surface area contributed by atoms with Crippen LogP contribution in [0.25, 0.3) is 0 Å². The van der Waals surface area contributed by atoms with Crippen LogP contribution in [0, 0.1) is 18.7 Å². The lowest BCUT2D eigenvalue weighted by Crippen LogP contribution is -2.44. The lowest BCUT2D eigenvalue weighted by atomic mass is 10.0. The van der Waals surface area contributed by atoms with Gasteiger partial charge in [-0.3, -0.25) is 4.79 Å². The summed E-state index contributed by atoms with van der Waals surface area (Å²) in [5.74, 6) is 1.35. The second kappa shape index (κ2) is 11.1. The fraction of sp³-hybridized carbons (Fsp3) is 0.542. The van der Waals surface area contributed by atoms with Gasteiger partial charge in [0, 0.05) is 24.3 Å². The van der Waals surface area contributed by atoms with Crippen molar-refractivity contribution in [2.24, 2.45) is 5.92 Å². The maximum Gasteiger partial charge on any atom is 0.242 e. The predicted molar refractivity (Wildman–Crippen MR) is 123 cm³/mol. The van der Waals surface area contributed by atoms with E-state index in [1.165, 1.54) is 25.0 Å². The van der Waals surface area contributed by atoms with E-state index in [2.05, 4.69) is 39.8 Å². The molecule has 1 saturated carbocycles. The number of aromatic nitrogens is 2. The van der Waals surface area contributed by atoms with Crippen molar-refractivity contribution in [3.63, 3.8) is 0 Å². The minimum Gasteiger partial charge on any atom is -0.358 e. The molecule has 6 nitrogen and oxygen atoms in total. The number of aryl methyl sites for hydroxylation is 1. The van der Waals surface area contributed by atoms with Crippen molar-refractivity contribution >= 4 is 17.7 Å². The number of hydrogen-bond acceptors (Lipinski definition) is 5. The Morgan fingerprint density at radius 2 is 1.87 bits per heavy atom. The molecule has 1 atom stereocenters. The van der Waals surface area contributed by atoms with Gasteiger partial charge in [-0.25, -0.2) is 9.37 Å². The van der Waals surface area contributed by atoms with Gasteiger partial charge in [0.15, 0.2) is 0 Å². The highest BCUT2D eigenvalue weighted by Gasteiger charge is 2.24. The maximum absolute atomic E-state index is 13.0. The zero-order valence-corrected chi connectivity index (χ0v) is 18.7. The molecule has 1 aromatic carbocycles. The van der Waals surface area contributed by atoms with Gasteiger partial charge in [-0.05, 0) is 56.2 Å². The summed E-state index contributed by atoms with van der Waals surface area (Å²) in [5.41, 5.74) is 1.86. The summed E-state index contributed by atoms with van der Waals surface area (Å²) in [6.07, 6.45) is 5.97. The van der Waals surface area contributed by atoms with Gasteiger partial charge in [0.05, 0.1) is 0 Å². The van der Waals surface area contributed by atoms with Crippen LogP contribution in [0.1, 0.15) is 57.2 Å². The van der Waals surface area contributed by atoms with E-state index in [0.29, 0.717) is 30.3 Å². The fourth-order valence-corrected chi connectivity index (χ4v) is 3.94. The summed E-state index contributed by atoms with van der Waals surface area (Å²) in [4.78, 5) is 21.9. The van der Waals surface area contributed by atoms with Gasteiger partial charge in [0.2, 0.25) is 11.9 Å². The maximum atomic E-state index is 13.0. The zero-order chi connectivity index (χ0) is 22.2. The van der Waals surface area contributed by atoms with E-state index >= 15 is 0 Å². The van der Waals surface area contributed by atoms with E-state index in [4.69, 9.17) is 0 Å². The minimum absolute atomic E-state index is 0.0442. The summed E-state index contributed by atoms with van der Waals surface area (Å²) in [6, 6.07) is 8.31. The van der Waals surface area contributed by atoms with Crippen molar-refractivity contribution in [2.75, 3.05) is 17.2 Å². The molecule has 1 aromatic heterocycles. The Kier molecular flexibility index (Phi) is 8.20. The Balaban J connectivity index is 1.61. The zero-order valence-electron chi connectivity index (χ0n) is 18.7. The third-order valence-corrected chi connectivity index (χ3v) is 5.51. The molecule has 1 heterocycles. The molecule has 1 aliphatic rings. The van der Waals surface area contributed by atoms with Crippen LogP contribution in [0.5, 0.6) is 0 Å². The van der Waals surface area contributed by atoms with Gasteiger partial charge in [-0.1, -0.05) is 38.8 Å². The van der Waals surface area contributed by atoms with Crippen LogP contribution in [0.4, 0.5) is 16.2 Å². The Morgan fingerprint density at radius 1 is 1.16 bits per heavy atom. The molecule has 168 valence electrons. The Morgan fingerprint density at radius 3 is 2.55 bits per heavy atom. The summed E-state index contributed by atoms with van der Waals surface area (Å²) >= 11 is 0. The number of nitrogens with zero attached hydrogens (tertiary/aromatic N) is 2. The molecule has 0 radical (unpaired) electrons. The lowest BCUT2D eigenvalue weighted by molar-refractivity contribution is -0.122. The average Bonchev–Trinajstić information content (AvgIpc) is 3.21. The van der Waals surface area contributed by atoms with Crippen molar-refractivity contribution in [3.05, 3.63) is 47.4 Å². The number of carbonyl (C=O) groups is 1. The summed E-state index contributed by atoms with van der Waals surface area (Å²) in [6.45, 7) is 6.77. The van der Waals surface area contributed by atoms with Crippen LogP contribution < -0.4 is 16.0 Å². The summed E-state index contributed by atoms with van der Waals surface area (Å²) in [5, 5.41) is 9.77. The van der Waals surface area contributed by atoms with E-state index in [9.17, 15) is 9.18 Å². The standard InChI is InChI=1S/C24H34FN5O/c1-16(2)14-21(23(31)28-20-6-4-5-7-20)29-22-15-17(3)27-24(30-22)26-13-12-18-8-10-19(25)11-9-18/h8-11,15-16,20-21H,4-7,12-14H2,1-3H3,(H,28,31)(H2,26,27,29,30)/t21-/m0/s1. The molecule has 2 aromatic rings. The molecule has 0 unspecified atom stereocenters. The highest BCUT2D eigenvalue weighted by atomic mass is 19.1. The third-order valence-electron chi connectivity index (χ3n) is 5.51. The van der Waals surface area contributed by atoms with Gasteiger partial charge in [0.25, 0.3) is 0 Å². The van der Waals surface area contributed by atoms with Gasteiger partial charge in [-0.2, -0.15) is 4.98 Å². The lowest BCUT2D eigenvalue weighted by Gasteiger charge is -2.23. The van der Waals surface area contributed by atoms with Crippen LogP contribution in [0.15, 0.2) is 30.3 Å². The first-order valence-corrected chi connectivity index (χ1v) is 11.3. The Labute approximate surface area is 184 Å². The largest absolute Gasteiger partial charge is 0.358 e. The quantitative estimate of drug-likeness (QED) is 0.522. The van der Waals surface area contributed by atoms with E-state index in [-0.39, 0.29) is 17.8 Å². The molecule has 3 rings (SSSR count). The molecule has 0 bridgehead atoms. The molecular formula is C24H34FN5O. The molecule has 1 amide bonds. The molecule has 0 saturated heterocycles. The normalized spacial score (nSPS) is 15.1. The Bertz CT molecular complexity index is 850. The van der Waals surface area contributed by atoms with Gasteiger partial charge in [-0.15, -0.1) is 0 Å². The molecule has 3 N–H and O–H groups in total.